The fraction of sp³-hybridized carbons (Fsp3) is 0.0370. The van der Waals surface area contributed by atoms with Crippen molar-refractivity contribution in [1.29, 1.82) is 0 Å². The van der Waals surface area contributed by atoms with Crippen molar-refractivity contribution in [1.82, 2.24) is 9.97 Å². The third-order valence-corrected chi connectivity index (χ3v) is 5.48. The molecule has 3 aromatic carbocycles. The first-order valence-corrected chi connectivity index (χ1v) is 10.1. The molecule has 0 aliphatic rings. The van der Waals surface area contributed by atoms with Crippen molar-refractivity contribution < 1.29 is 5.11 Å². The molecule has 0 fully saturated rings. The summed E-state index contributed by atoms with van der Waals surface area (Å²) in [7, 11) is 0. The zero-order valence-electron chi connectivity index (χ0n) is 16.4. The number of aromatic nitrogens is 2. The zero-order valence-corrected chi connectivity index (χ0v) is 16.4. The van der Waals surface area contributed by atoms with Gasteiger partial charge in [-0.3, -0.25) is 0 Å². The van der Waals surface area contributed by atoms with E-state index in [-0.39, 0.29) is 11.7 Å². The van der Waals surface area contributed by atoms with E-state index < -0.39 is 0 Å². The van der Waals surface area contributed by atoms with Gasteiger partial charge in [0.1, 0.15) is 5.75 Å². The second kappa shape index (κ2) is 7.80. The Balaban J connectivity index is 1.61. The molecule has 0 saturated heterocycles. The highest BCUT2D eigenvalue weighted by Gasteiger charge is 2.20. The Hall–Kier alpha value is -3.98. The Morgan fingerprint density at radius 3 is 2.23 bits per heavy atom. The molecule has 0 saturated carbocycles. The van der Waals surface area contributed by atoms with E-state index in [4.69, 9.17) is 0 Å². The summed E-state index contributed by atoms with van der Waals surface area (Å²) in [6.07, 6.45) is 1.94. The standard InChI is InChI=1S/C27H22N2O/c30-26-14-5-4-12-22(26)24-15-16-25(29-24)27(19-8-2-1-3-9-19)21-11-6-10-20(18-21)23-13-7-17-28-23/h1-18,27-30H. The van der Waals surface area contributed by atoms with Crippen LogP contribution in [0.2, 0.25) is 0 Å². The first-order valence-electron chi connectivity index (χ1n) is 10.1. The van der Waals surface area contributed by atoms with Crippen LogP contribution < -0.4 is 0 Å². The highest BCUT2D eigenvalue weighted by molar-refractivity contribution is 5.68. The van der Waals surface area contributed by atoms with Gasteiger partial charge in [0.2, 0.25) is 0 Å². The number of aromatic hydroxyl groups is 1. The van der Waals surface area contributed by atoms with Crippen LogP contribution in [0.4, 0.5) is 0 Å². The van der Waals surface area contributed by atoms with Gasteiger partial charge in [-0.15, -0.1) is 0 Å². The van der Waals surface area contributed by atoms with Crippen molar-refractivity contribution in [3.8, 4) is 28.3 Å². The van der Waals surface area contributed by atoms with Crippen LogP contribution >= 0.6 is 0 Å². The molecule has 3 nitrogen and oxygen atoms in total. The van der Waals surface area contributed by atoms with Crippen molar-refractivity contribution >= 4 is 0 Å². The number of para-hydroxylation sites is 1. The SMILES string of the molecule is Oc1ccccc1-c1ccc(C(c2ccccc2)c2cccc(-c3ccc[nH]3)c2)[nH]1. The van der Waals surface area contributed by atoms with Gasteiger partial charge in [-0.1, -0.05) is 60.7 Å². The maximum atomic E-state index is 10.3. The first kappa shape index (κ1) is 18.1. The summed E-state index contributed by atoms with van der Waals surface area (Å²) in [5.41, 5.74) is 7.48. The first-order chi connectivity index (χ1) is 14.8. The van der Waals surface area contributed by atoms with Crippen molar-refractivity contribution in [2.24, 2.45) is 0 Å². The summed E-state index contributed by atoms with van der Waals surface area (Å²) < 4.78 is 0. The third kappa shape index (κ3) is 3.42. The number of H-pyrrole nitrogens is 2. The highest BCUT2D eigenvalue weighted by atomic mass is 16.3. The molecule has 0 amide bonds. The van der Waals surface area contributed by atoms with Gasteiger partial charge in [0.05, 0.1) is 0 Å². The molecule has 0 radical (unpaired) electrons. The van der Waals surface area contributed by atoms with Gasteiger partial charge >= 0.3 is 0 Å². The molecule has 30 heavy (non-hydrogen) atoms. The lowest BCUT2D eigenvalue weighted by molar-refractivity contribution is 0.477. The molecular weight excluding hydrogens is 368 g/mol. The fourth-order valence-corrected chi connectivity index (χ4v) is 4.03. The van der Waals surface area contributed by atoms with Crippen LogP contribution in [0.25, 0.3) is 22.5 Å². The molecule has 5 aromatic rings. The molecule has 5 rings (SSSR count). The summed E-state index contributed by atoms with van der Waals surface area (Å²) in [6.45, 7) is 0. The quantitative estimate of drug-likeness (QED) is 0.313. The number of phenolic OH excluding ortho intramolecular Hbond substituents is 1. The van der Waals surface area contributed by atoms with Gasteiger partial charge in [0, 0.05) is 34.8 Å². The van der Waals surface area contributed by atoms with Crippen molar-refractivity contribution in [2.75, 3.05) is 0 Å². The molecule has 3 N–H and O–H groups in total. The summed E-state index contributed by atoms with van der Waals surface area (Å²) in [5, 5.41) is 10.3. The van der Waals surface area contributed by atoms with E-state index in [1.807, 2.05) is 42.6 Å². The van der Waals surface area contributed by atoms with E-state index in [2.05, 4.69) is 70.6 Å². The van der Waals surface area contributed by atoms with Gasteiger partial charge in [-0.25, -0.2) is 0 Å². The number of nitrogens with one attached hydrogen (secondary N) is 2. The second-order valence-corrected chi connectivity index (χ2v) is 7.40. The van der Waals surface area contributed by atoms with Crippen LogP contribution in [0.3, 0.4) is 0 Å². The molecule has 0 bridgehead atoms. The molecule has 146 valence electrons. The van der Waals surface area contributed by atoms with Crippen LogP contribution in [0.5, 0.6) is 5.75 Å². The molecule has 0 aliphatic heterocycles. The fourth-order valence-electron chi connectivity index (χ4n) is 4.03. The molecule has 0 aliphatic carbocycles. The van der Waals surface area contributed by atoms with E-state index in [9.17, 15) is 5.11 Å². The Morgan fingerprint density at radius 1 is 0.633 bits per heavy atom. The van der Waals surface area contributed by atoms with Crippen LogP contribution in [0, 0.1) is 0 Å². The monoisotopic (exact) mass is 390 g/mol. The average molecular weight is 390 g/mol. The number of benzene rings is 3. The van der Waals surface area contributed by atoms with E-state index in [0.29, 0.717) is 0 Å². The van der Waals surface area contributed by atoms with Gasteiger partial charge in [0.15, 0.2) is 0 Å². The van der Waals surface area contributed by atoms with Crippen LogP contribution in [0.15, 0.2) is 109 Å². The lowest BCUT2D eigenvalue weighted by Crippen LogP contribution is -2.04. The third-order valence-electron chi connectivity index (χ3n) is 5.48. The van der Waals surface area contributed by atoms with Crippen LogP contribution in [0.1, 0.15) is 22.7 Å². The number of hydrogen-bond acceptors (Lipinski definition) is 1. The number of aromatic amines is 2. The Kier molecular flexibility index (Phi) is 4.70. The van der Waals surface area contributed by atoms with Gasteiger partial charge < -0.3 is 15.1 Å². The molecule has 1 atom stereocenters. The lowest BCUT2D eigenvalue weighted by atomic mass is 9.87. The molecule has 3 heteroatoms. The molecule has 0 spiro atoms. The Morgan fingerprint density at radius 2 is 1.43 bits per heavy atom. The van der Waals surface area contributed by atoms with Gasteiger partial charge in [-0.05, 0) is 59.2 Å². The van der Waals surface area contributed by atoms with E-state index >= 15 is 0 Å². The molecule has 1 unspecified atom stereocenters. The van der Waals surface area contributed by atoms with E-state index in [1.165, 1.54) is 11.1 Å². The summed E-state index contributed by atoms with van der Waals surface area (Å²) in [4.78, 5) is 6.85. The predicted octanol–water partition coefficient (Wildman–Crippen LogP) is 6.56. The van der Waals surface area contributed by atoms with Crippen molar-refractivity contribution in [3.63, 3.8) is 0 Å². The summed E-state index contributed by atoms with van der Waals surface area (Å²) >= 11 is 0. The minimum Gasteiger partial charge on any atom is -0.507 e. The number of phenols is 1. The Labute approximate surface area is 175 Å². The zero-order chi connectivity index (χ0) is 20.3. The normalized spacial score (nSPS) is 12.0. The number of rotatable bonds is 5. The minimum absolute atomic E-state index is 0.0562. The average Bonchev–Trinajstić information content (AvgIpc) is 3.48. The topological polar surface area (TPSA) is 51.8 Å². The van der Waals surface area contributed by atoms with Crippen molar-refractivity contribution in [3.05, 3.63) is 126 Å². The Bertz CT molecular complexity index is 1250. The summed E-state index contributed by atoms with van der Waals surface area (Å²) in [5.74, 6) is 0.330. The second-order valence-electron chi connectivity index (χ2n) is 7.40. The molecule has 2 heterocycles. The smallest absolute Gasteiger partial charge is 0.124 e. The lowest BCUT2D eigenvalue weighted by Gasteiger charge is -2.18. The maximum absolute atomic E-state index is 10.3. The van der Waals surface area contributed by atoms with E-state index in [1.54, 1.807) is 6.07 Å². The van der Waals surface area contributed by atoms with Crippen molar-refractivity contribution in [2.45, 2.75) is 5.92 Å². The number of hydrogen-bond donors (Lipinski definition) is 3. The van der Waals surface area contributed by atoms with Gasteiger partial charge in [-0.2, -0.15) is 0 Å². The highest BCUT2D eigenvalue weighted by Crippen LogP contribution is 2.36. The van der Waals surface area contributed by atoms with Crippen LogP contribution in [-0.2, 0) is 0 Å². The van der Waals surface area contributed by atoms with Gasteiger partial charge in [0.25, 0.3) is 0 Å². The van der Waals surface area contributed by atoms with Crippen LogP contribution in [-0.4, -0.2) is 15.1 Å². The molecule has 2 aromatic heterocycles. The minimum atomic E-state index is 0.0562. The summed E-state index contributed by atoms with van der Waals surface area (Å²) in [6, 6.07) is 34.8. The predicted molar refractivity (Wildman–Crippen MR) is 122 cm³/mol. The molecular formula is C27H22N2O. The largest absolute Gasteiger partial charge is 0.507 e. The van der Waals surface area contributed by atoms with E-state index in [0.717, 1.165) is 28.2 Å². The maximum Gasteiger partial charge on any atom is 0.124 e.